The number of carbonyl (C=O) groups excluding carboxylic acids is 1. The average Bonchev–Trinajstić information content (AvgIpc) is 2.94. The lowest BCUT2D eigenvalue weighted by atomic mass is 9.96. The number of anilines is 1. The van der Waals surface area contributed by atoms with E-state index in [1.165, 1.54) is 19.2 Å². The third-order valence-electron chi connectivity index (χ3n) is 7.36. The summed E-state index contributed by atoms with van der Waals surface area (Å²) < 4.78 is 51.9. The minimum absolute atomic E-state index is 0.0203. The molecule has 1 N–H and O–H groups in total. The van der Waals surface area contributed by atoms with Gasteiger partial charge in [0, 0.05) is 24.6 Å². The maximum absolute atomic E-state index is 13.8. The van der Waals surface area contributed by atoms with E-state index in [0.717, 1.165) is 16.1 Å². The molecule has 3 atom stereocenters. The van der Waals surface area contributed by atoms with Crippen LogP contribution in [0.2, 0.25) is 0 Å². The van der Waals surface area contributed by atoms with E-state index >= 15 is 0 Å². The summed E-state index contributed by atoms with van der Waals surface area (Å²) in [5.74, 6) is -1.54. The van der Waals surface area contributed by atoms with Gasteiger partial charge < -0.3 is 14.8 Å². The molecule has 0 saturated carbocycles. The van der Waals surface area contributed by atoms with E-state index in [1.807, 2.05) is 77.1 Å². The van der Waals surface area contributed by atoms with Crippen LogP contribution >= 0.6 is 0 Å². The van der Waals surface area contributed by atoms with Gasteiger partial charge in [-0.1, -0.05) is 56.3 Å². The summed E-state index contributed by atoms with van der Waals surface area (Å²) in [6.45, 7) is 9.48. The highest BCUT2D eigenvalue weighted by atomic mass is 32.2. The first-order valence-electron chi connectivity index (χ1n) is 14.6. The molecule has 3 unspecified atom stereocenters. The zero-order valence-corrected chi connectivity index (χ0v) is 27.1. The Morgan fingerprint density at radius 2 is 1.75 bits per heavy atom. The maximum Gasteiger partial charge on any atom is 0.239 e. The first-order valence-corrected chi connectivity index (χ1v) is 16.5. The molecule has 0 bridgehead atoms. The number of sulfonamides is 1. The minimum atomic E-state index is -3.64. The molecule has 1 aliphatic rings. The van der Waals surface area contributed by atoms with Crippen LogP contribution in [0.4, 0.5) is 10.3 Å². The zero-order valence-electron chi connectivity index (χ0n) is 26.2. The fraction of sp³-hybridized carbons (Fsp3) is 0.424. The standard InChI is InChI=1S/C33H41FN4O5S/c1-21(2)30-28(31(24-13-15-25(34)16-14-24)37-32(36-30)38(6)44(7,40)41)18-17-26-19-27(43-33(4,5)42-26)20-29(39)35-22(3)23-11-9-8-10-12-23/h8-18,21-22,26-27H,19-20H2,1-7H3,(H,35,39). The second-order valence-corrected chi connectivity index (χ2v) is 13.9. The Balaban J connectivity index is 1.64. The van der Waals surface area contributed by atoms with Crippen LogP contribution in [-0.2, 0) is 24.3 Å². The van der Waals surface area contributed by atoms with Gasteiger partial charge >= 0.3 is 0 Å². The molecule has 1 amide bonds. The molecular weight excluding hydrogens is 583 g/mol. The normalized spacial score (nSPS) is 19.2. The SMILES string of the molecule is CC(C)c1nc(N(C)S(C)(=O)=O)nc(-c2ccc(F)cc2)c1C=CC1CC(CC(=O)NC(C)c2ccccc2)OC(C)(C)O1. The zero-order chi connectivity index (χ0) is 32.2. The molecule has 1 fully saturated rings. The topological polar surface area (TPSA) is 111 Å². The Morgan fingerprint density at radius 1 is 1.09 bits per heavy atom. The van der Waals surface area contributed by atoms with Crippen molar-refractivity contribution in [2.75, 3.05) is 17.6 Å². The third-order valence-corrected chi connectivity index (χ3v) is 8.51. The molecule has 0 spiro atoms. The second kappa shape index (κ2) is 13.5. The smallest absolute Gasteiger partial charge is 0.239 e. The first kappa shape index (κ1) is 33.2. The number of nitrogens with zero attached hydrogens (tertiary/aromatic N) is 3. The monoisotopic (exact) mass is 624 g/mol. The van der Waals surface area contributed by atoms with Gasteiger partial charge in [-0.25, -0.2) is 27.1 Å². The van der Waals surface area contributed by atoms with Gasteiger partial charge in [0.1, 0.15) is 5.82 Å². The fourth-order valence-corrected chi connectivity index (χ4v) is 5.50. The molecule has 3 aromatic rings. The molecule has 4 rings (SSSR count). The van der Waals surface area contributed by atoms with Crippen molar-refractivity contribution in [3.05, 3.63) is 83.3 Å². The number of rotatable bonds is 10. The molecular formula is C33H41FN4O5S. The highest BCUT2D eigenvalue weighted by molar-refractivity contribution is 7.92. The lowest BCUT2D eigenvalue weighted by molar-refractivity contribution is -0.289. The number of halogens is 1. The predicted octanol–water partition coefficient (Wildman–Crippen LogP) is 5.99. The maximum atomic E-state index is 13.8. The molecule has 236 valence electrons. The summed E-state index contributed by atoms with van der Waals surface area (Å²) in [5.41, 5.74) is 3.37. The first-order chi connectivity index (χ1) is 20.6. The largest absolute Gasteiger partial charge is 0.350 e. The fourth-order valence-electron chi connectivity index (χ4n) is 5.12. The van der Waals surface area contributed by atoms with Gasteiger partial charge in [-0.2, -0.15) is 0 Å². The summed E-state index contributed by atoms with van der Waals surface area (Å²) in [7, 11) is -2.24. The number of nitrogens with one attached hydrogen (secondary N) is 1. The van der Waals surface area contributed by atoms with Crippen LogP contribution in [0.15, 0.2) is 60.7 Å². The highest BCUT2D eigenvalue weighted by Crippen LogP contribution is 2.34. The Labute approximate surface area is 259 Å². The number of amides is 1. The molecule has 11 heteroatoms. The number of ether oxygens (including phenoxy) is 2. The van der Waals surface area contributed by atoms with Crippen molar-refractivity contribution >= 4 is 28.0 Å². The number of hydrogen-bond acceptors (Lipinski definition) is 7. The van der Waals surface area contributed by atoms with E-state index in [4.69, 9.17) is 9.47 Å². The van der Waals surface area contributed by atoms with E-state index in [0.29, 0.717) is 28.9 Å². The molecule has 44 heavy (non-hydrogen) atoms. The lowest BCUT2D eigenvalue weighted by Crippen LogP contribution is -2.45. The quantitative estimate of drug-likeness (QED) is 0.295. The molecule has 2 aromatic carbocycles. The van der Waals surface area contributed by atoms with E-state index in [-0.39, 0.29) is 36.3 Å². The Morgan fingerprint density at radius 3 is 2.36 bits per heavy atom. The molecule has 0 aliphatic carbocycles. The molecule has 9 nitrogen and oxygen atoms in total. The van der Waals surface area contributed by atoms with E-state index in [9.17, 15) is 17.6 Å². The van der Waals surface area contributed by atoms with Crippen LogP contribution < -0.4 is 9.62 Å². The van der Waals surface area contributed by atoms with Crippen LogP contribution in [0.25, 0.3) is 17.3 Å². The van der Waals surface area contributed by atoms with Crippen LogP contribution in [-0.4, -0.2) is 55.6 Å². The number of aromatic nitrogens is 2. The van der Waals surface area contributed by atoms with Gasteiger partial charge in [0.25, 0.3) is 0 Å². The van der Waals surface area contributed by atoms with Gasteiger partial charge in [-0.3, -0.25) is 4.79 Å². The second-order valence-electron chi connectivity index (χ2n) is 11.9. The van der Waals surface area contributed by atoms with Crippen molar-refractivity contribution in [1.82, 2.24) is 15.3 Å². The molecule has 1 aliphatic heterocycles. The number of benzene rings is 2. The molecule has 1 aromatic heterocycles. The summed E-state index contributed by atoms with van der Waals surface area (Å²) in [4.78, 5) is 22.2. The number of hydrogen-bond donors (Lipinski definition) is 1. The minimum Gasteiger partial charge on any atom is -0.350 e. The molecule has 2 heterocycles. The predicted molar refractivity (Wildman–Crippen MR) is 170 cm³/mol. The van der Waals surface area contributed by atoms with Crippen molar-refractivity contribution in [1.29, 1.82) is 0 Å². The molecule has 1 saturated heterocycles. The van der Waals surface area contributed by atoms with Gasteiger partial charge in [0.05, 0.1) is 42.3 Å². The van der Waals surface area contributed by atoms with Crippen molar-refractivity contribution in [3.63, 3.8) is 0 Å². The summed E-state index contributed by atoms with van der Waals surface area (Å²) >= 11 is 0. The van der Waals surface area contributed by atoms with E-state index in [1.54, 1.807) is 12.1 Å². The van der Waals surface area contributed by atoms with E-state index < -0.39 is 27.7 Å². The Hall–Kier alpha value is -3.67. The summed E-state index contributed by atoms with van der Waals surface area (Å²) in [5, 5.41) is 3.05. The van der Waals surface area contributed by atoms with Gasteiger partial charge in [0.2, 0.25) is 21.9 Å². The van der Waals surface area contributed by atoms with Crippen molar-refractivity contribution in [2.45, 2.75) is 77.4 Å². The van der Waals surface area contributed by atoms with Gasteiger partial charge in [-0.15, -0.1) is 0 Å². The van der Waals surface area contributed by atoms with Crippen LogP contribution in [0.1, 0.15) is 76.2 Å². The van der Waals surface area contributed by atoms with Crippen molar-refractivity contribution < 1.29 is 27.1 Å². The van der Waals surface area contributed by atoms with Gasteiger partial charge in [-0.05, 0) is 56.5 Å². The van der Waals surface area contributed by atoms with E-state index in [2.05, 4.69) is 15.3 Å². The Kier molecular flexibility index (Phi) is 10.2. The van der Waals surface area contributed by atoms with Crippen LogP contribution in [0.3, 0.4) is 0 Å². The molecule has 0 radical (unpaired) electrons. The average molecular weight is 625 g/mol. The van der Waals surface area contributed by atoms with Crippen molar-refractivity contribution in [2.24, 2.45) is 0 Å². The number of carbonyl (C=O) groups is 1. The highest BCUT2D eigenvalue weighted by Gasteiger charge is 2.36. The third kappa shape index (κ3) is 8.49. The van der Waals surface area contributed by atoms with Crippen molar-refractivity contribution in [3.8, 4) is 11.3 Å². The summed E-state index contributed by atoms with van der Waals surface area (Å²) in [6.07, 6.45) is 4.65. The van der Waals surface area contributed by atoms with Crippen LogP contribution in [0, 0.1) is 5.82 Å². The summed E-state index contributed by atoms with van der Waals surface area (Å²) in [6, 6.07) is 15.5. The lowest BCUT2D eigenvalue weighted by Gasteiger charge is -2.39. The van der Waals surface area contributed by atoms with Crippen LogP contribution in [0.5, 0.6) is 0 Å². The van der Waals surface area contributed by atoms with Gasteiger partial charge in [0.15, 0.2) is 5.79 Å². The Bertz CT molecular complexity index is 1590.